The maximum atomic E-state index is 13.0. The van der Waals surface area contributed by atoms with E-state index in [2.05, 4.69) is 5.32 Å². The average molecular weight is 409 g/mol. The first kappa shape index (κ1) is 21.1. The monoisotopic (exact) mass is 408 g/mol. The third kappa shape index (κ3) is 5.26. The fourth-order valence-corrected chi connectivity index (χ4v) is 5.69. The summed E-state index contributed by atoms with van der Waals surface area (Å²) in [5, 5.41) is 2.89. The molecule has 2 fully saturated rings. The number of hydrogen-bond donors (Lipinski definition) is 1. The molecule has 2 aliphatic rings. The Hall–Kier alpha value is -1.60. The maximum Gasteiger partial charge on any atom is 0.243 e. The number of nitrogens with one attached hydrogen (secondary N) is 1. The first-order valence-corrected chi connectivity index (χ1v) is 12.0. The number of carbonyl (C=O) groups is 1. The van der Waals surface area contributed by atoms with Gasteiger partial charge in [-0.1, -0.05) is 32.1 Å². The molecule has 1 aliphatic heterocycles. The third-order valence-electron chi connectivity index (χ3n) is 5.73. The molecule has 0 radical (unpaired) electrons. The van der Waals surface area contributed by atoms with Gasteiger partial charge in [0.05, 0.1) is 17.2 Å². The van der Waals surface area contributed by atoms with Crippen LogP contribution in [0.5, 0.6) is 5.75 Å². The van der Waals surface area contributed by atoms with Crippen molar-refractivity contribution in [2.45, 2.75) is 69.6 Å². The summed E-state index contributed by atoms with van der Waals surface area (Å²) < 4.78 is 33.1. The van der Waals surface area contributed by atoms with Gasteiger partial charge in [0.25, 0.3) is 0 Å². The largest absolute Gasteiger partial charge is 0.492 e. The zero-order valence-corrected chi connectivity index (χ0v) is 17.6. The highest BCUT2D eigenvalue weighted by Crippen LogP contribution is 2.32. The van der Waals surface area contributed by atoms with Crippen molar-refractivity contribution in [3.8, 4) is 5.75 Å². The fraction of sp³-hybridized carbons (Fsp3) is 0.667. The van der Waals surface area contributed by atoms with Crippen molar-refractivity contribution in [1.29, 1.82) is 0 Å². The van der Waals surface area contributed by atoms with Gasteiger partial charge in [0, 0.05) is 19.5 Å². The van der Waals surface area contributed by atoms with Gasteiger partial charge in [-0.15, -0.1) is 0 Å². The summed E-state index contributed by atoms with van der Waals surface area (Å²) in [6.45, 7) is 3.42. The second-order valence-corrected chi connectivity index (χ2v) is 9.73. The van der Waals surface area contributed by atoms with Crippen LogP contribution >= 0.6 is 0 Å². The van der Waals surface area contributed by atoms with Crippen LogP contribution in [0.1, 0.15) is 64.7 Å². The molecule has 3 rings (SSSR count). The summed E-state index contributed by atoms with van der Waals surface area (Å²) in [4.78, 5) is 12.7. The summed E-state index contributed by atoms with van der Waals surface area (Å²) in [5.41, 5.74) is 0.441. The molecular formula is C21H32N2O4S. The lowest BCUT2D eigenvalue weighted by Crippen LogP contribution is -2.35. The lowest BCUT2D eigenvalue weighted by molar-refractivity contribution is -0.116. The Bertz CT molecular complexity index is 767. The molecule has 0 unspecified atom stereocenters. The Morgan fingerprint density at radius 1 is 1.14 bits per heavy atom. The third-order valence-corrected chi connectivity index (χ3v) is 7.63. The molecule has 28 heavy (non-hydrogen) atoms. The fourth-order valence-electron chi connectivity index (χ4n) is 4.15. The predicted molar refractivity (Wildman–Crippen MR) is 110 cm³/mol. The van der Waals surface area contributed by atoms with Gasteiger partial charge in [-0.05, 0) is 50.3 Å². The minimum atomic E-state index is -3.55. The van der Waals surface area contributed by atoms with Crippen molar-refractivity contribution in [3.63, 3.8) is 0 Å². The summed E-state index contributed by atoms with van der Waals surface area (Å²) in [6.07, 6.45) is 9.14. The Balaban J connectivity index is 1.74. The van der Waals surface area contributed by atoms with E-state index >= 15 is 0 Å². The number of piperidine rings is 1. The number of benzene rings is 1. The number of nitrogens with zero attached hydrogens (tertiary/aromatic N) is 1. The minimum Gasteiger partial charge on any atom is -0.492 e. The zero-order valence-electron chi connectivity index (χ0n) is 16.8. The van der Waals surface area contributed by atoms with Gasteiger partial charge in [0.1, 0.15) is 5.75 Å². The van der Waals surface area contributed by atoms with Gasteiger partial charge in [-0.3, -0.25) is 4.79 Å². The summed E-state index contributed by atoms with van der Waals surface area (Å²) in [5.74, 6) is 1.07. The van der Waals surface area contributed by atoms with Gasteiger partial charge in [-0.25, -0.2) is 8.42 Å². The quantitative estimate of drug-likeness (QED) is 0.700. The molecule has 1 saturated carbocycles. The lowest BCUT2D eigenvalue weighted by Gasteiger charge is -2.26. The Labute approximate surface area is 168 Å². The van der Waals surface area contributed by atoms with E-state index in [-0.39, 0.29) is 10.8 Å². The Kier molecular flexibility index (Phi) is 7.35. The first-order chi connectivity index (χ1) is 13.5. The number of ether oxygens (including phenoxy) is 1. The molecular weight excluding hydrogens is 376 g/mol. The highest BCUT2D eigenvalue weighted by Gasteiger charge is 2.27. The summed E-state index contributed by atoms with van der Waals surface area (Å²) in [7, 11) is -3.55. The zero-order chi connectivity index (χ0) is 20.0. The number of rotatable bonds is 8. The molecule has 0 aromatic heterocycles. The molecule has 1 heterocycles. The average Bonchev–Trinajstić information content (AvgIpc) is 3.22. The molecule has 156 valence electrons. The molecule has 0 atom stereocenters. The smallest absolute Gasteiger partial charge is 0.243 e. The summed E-state index contributed by atoms with van der Waals surface area (Å²) >= 11 is 0. The first-order valence-electron chi connectivity index (χ1n) is 10.6. The van der Waals surface area contributed by atoms with Gasteiger partial charge in [-0.2, -0.15) is 4.31 Å². The van der Waals surface area contributed by atoms with E-state index in [1.54, 1.807) is 18.2 Å². The van der Waals surface area contributed by atoms with Crippen molar-refractivity contribution >= 4 is 21.6 Å². The van der Waals surface area contributed by atoms with Crippen molar-refractivity contribution in [1.82, 2.24) is 4.31 Å². The van der Waals surface area contributed by atoms with Crippen molar-refractivity contribution < 1.29 is 17.9 Å². The maximum absolute atomic E-state index is 13.0. The van der Waals surface area contributed by atoms with Crippen LogP contribution in [0.3, 0.4) is 0 Å². The van der Waals surface area contributed by atoms with Crippen LogP contribution in [-0.2, 0) is 14.8 Å². The van der Waals surface area contributed by atoms with Gasteiger partial charge in [0.2, 0.25) is 15.9 Å². The molecule has 1 saturated heterocycles. The van der Waals surface area contributed by atoms with Gasteiger partial charge in [0.15, 0.2) is 0 Å². The van der Waals surface area contributed by atoms with E-state index in [9.17, 15) is 13.2 Å². The van der Waals surface area contributed by atoms with Crippen LogP contribution in [0.2, 0.25) is 0 Å². The molecule has 1 N–H and O–H groups in total. The molecule has 1 aromatic rings. The van der Waals surface area contributed by atoms with Crippen LogP contribution in [-0.4, -0.2) is 38.3 Å². The van der Waals surface area contributed by atoms with Crippen molar-refractivity contribution in [2.24, 2.45) is 5.92 Å². The van der Waals surface area contributed by atoms with Gasteiger partial charge < -0.3 is 10.1 Å². The molecule has 6 nitrogen and oxygen atoms in total. The van der Waals surface area contributed by atoms with E-state index in [0.717, 1.165) is 25.7 Å². The van der Waals surface area contributed by atoms with Crippen LogP contribution in [0.25, 0.3) is 0 Å². The van der Waals surface area contributed by atoms with Gasteiger partial charge >= 0.3 is 0 Å². The van der Waals surface area contributed by atoms with E-state index < -0.39 is 10.0 Å². The molecule has 1 aliphatic carbocycles. The number of sulfonamides is 1. The van der Waals surface area contributed by atoms with Crippen LogP contribution in [0.4, 0.5) is 5.69 Å². The number of hydrogen-bond acceptors (Lipinski definition) is 4. The van der Waals surface area contributed by atoms with Crippen LogP contribution in [0.15, 0.2) is 23.1 Å². The van der Waals surface area contributed by atoms with Crippen LogP contribution in [0, 0.1) is 5.92 Å². The molecule has 1 amide bonds. The number of anilines is 1. The highest BCUT2D eigenvalue weighted by atomic mass is 32.2. The van der Waals surface area contributed by atoms with Crippen molar-refractivity contribution in [3.05, 3.63) is 18.2 Å². The normalized spacial score (nSPS) is 18.9. The number of carbonyl (C=O) groups excluding carboxylic acids is 1. The lowest BCUT2D eigenvalue weighted by atomic mass is 10.0. The number of amides is 1. The minimum absolute atomic E-state index is 0.0830. The highest BCUT2D eigenvalue weighted by molar-refractivity contribution is 7.89. The standard InChI is InChI=1S/C21H32N2O4S/c1-2-27-20-12-11-18(28(25,26)23-14-6-3-7-15-23)16-19(20)22-21(24)13-10-17-8-4-5-9-17/h11-12,16-17H,2-10,13-15H2,1H3,(H,22,24). The Morgan fingerprint density at radius 3 is 2.54 bits per heavy atom. The molecule has 7 heteroatoms. The topological polar surface area (TPSA) is 75.7 Å². The Morgan fingerprint density at radius 2 is 1.86 bits per heavy atom. The summed E-state index contributed by atoms with van der Waals surface area (Å²) in [6, 6.07) is 4.76. The molecule has 1 aromatic carbocycles. The second-order valence-electron chi connectivity index (χ2n) is 7.79. The van der Waals surface area contributed by atoms with E-state index in [1.165, 1.54) is 30.0 Å². The second kappa shape index (κ2) is 9.74. The van der Waals surface area contributed by atoms with E-state index in [0.29, 0.717) is 43.5 Å². The van der Waals surface area contributed by atoms with Crippen LogP contribution < -0.4 is 10.1 Å². The van der Waals surface area contributed by atoms with Crippen molar-refractivity contribution in [2.75, 3.05) is 25.0 Å². The SMILES string of the molecule is CCOc1ccc(S(=O)(=O)N2CCCCC2)cc1NC(=O)CCC1CCCC1. The van der Waals surface area contributed by atoms with E-state index in [4.69, 9.17) is 4.74 Å². The molecule has 0 spiro atoms. The molecule has 0 bridgehead atoms. The predicted octanol–water partition coefficient (Wildman–Crippen LogP) is 4.17. The van der Waals surface area contributed by atoms with E-state index in [1.807, 2.05) is 6.92 Å².